The molecule has 2 unspecified atom stereocenters. The predicted octanol–water partition coefficient (Wildman–Crippen LogP) is 3.55. The molecule has 1 aromatic heterocycles. The molecule has 1 aromatic carbocycles. The lowest BCUT2D eigenvalue weighted by Gasteiger charge is -2.28. The number of rotatable bonds is 9. The van der Waals surface area contributed by atoms with Gasteiger partial charge in [-0.1, -0.05) is 25.8 Å². The normalized spacial score (nSPS) is 19.8. The molecule has 1 aliphatic rings. The Kier molecular flexibility index (Phi) is 7.83. The highest BCUT2D eigenvalue weighted by molar-refractivity contribution is 7.89. The van der Waals surface area contributed by atoms with Gasteiger partial charge in [0, 0.05) is 23.5 Å². The minimum atomic E-state index is -3.61. The van der Waals surface area contributed by atoms with Gasteiger partial charge in [0.1, 0.15) is 0 Å². The molecule has 0 spiro atoms. The summed E-state index contributed by atoms with van der Waals surface area (Å²) in [7, 11) is -3.61. The number of hydrogen-bond donors (Lipinski definition) is 2. The molecule has 29 heavy (non-hydrogen) atoms. The van der Waals surface area contributed by atoms with Gasteiger partial charge in [0.25, 0.3) is 5.91 Å². The van der Waals surface area contributed by atoms with Gasteiger partial charge in [-0.3, -0.25) is 4.79 Å². The second-order valence-electron chi connectivity index (χ2n) is 7.36. The average Bonchev–Trinajstić information content (AvgIpc) is 3.25. The molecule has 1 fully saturated rings. The van der Waals surface area contributed by atoms with Crippen LogP contribution >= 0.6 is 11.3 Å². The van der Waals surface area contributed by atoms with Crippen molar-refractivity contribution in [3.63, 3.8) is 0 Å². The highest BCUT2D eigenvalue weighted by Gasteiger charge is 2.21. The molecule has 2 aromatic rings. The van der Waals surface area contributed by atoms with Crippen molar-refractivity contribution in [3.05, 3.63) is 52.2 Å². The summed E-state index contributed by atoms with van der Waals surface area (Å²) in [6.07, 6.45) is 5.05. The number of nitrogens with one attached hydrogen (secondary N) is 2. The van der Waals surface area contributed by atoms with E-state index in [0.29, 0.717) is 24.6 Å². The average molecular weight is 437 g/mol. The number of carbonyl (C=O) groups is 1. The molecule has 0 aliphatic heterocycles. The van der Waals surface area contributed by atoms with Crippen LogP contribution in [0.2, 0.25) is 0 Å². The summed E-state index contributed by atoms with van der Waals surface area (Å²) in [6.45, 7) is 3.39. The van der Waals surface area contributed by atoms with E-state index >= 15 is 0 Å². The minimum absolute atomic E-state index is 0.139. The number of thiophene rings is 1. The quantitative estimate of drug-likeness (QED) is 0.589. The van der Waals surface area contributed by atoms with Crippen LogP contribution in [-0.4, -0.2) is 33.6 Å². The van der Waals surface area contributed by atoms with Gasteiger partial charge in [-0.05, 0) is 54.5 Å². The fourth-order valence-electron chi connectivity index (χ4n) is 3.45. The zero-order chi connectivity index (χ0) is 20.7. The molecular formula is C21H28N2O4S2. The first-order chi connectivity index (χ1) is 14.0. The summed E-state index contributed by atoms with van der Waals surface area (Å²) >= 11 is 1.49. The maximum atomic E-state index is 12.4. The molecule has 2 atom stereocenters. The lowest BCUT2D eigenvalue weighted by Crippen LogP contribution is -2.31. The van der Waals surface area contributed by atoms with Crippen LogP contribution in [0.15, 0.2) is 46.7 Å². The highest BCUT2D eigenvalue weighted by Crippen LogP contribution is 2.26. The van der Waals surface area contributed by atoms with Gasteiger partial charge < -0.3 is 10.1 Å². The number of benzene rings is 1. The van der Waals surface area contributed by atoms with E-state index in [1.807, 2.05) is 17.5 Å². The van der Waals surface area contributed by atoms with Crippen molar-refractivity contribution in [1.29, 1.82) is 0 Å². The van der Waals surface area contributed by atoms with Crippen molar-refractivity contribution >= 4 is 27.3 Å². The second kappa shape index (κ2) is 10.3. The molecule has 8 heteroatoms. The minimum Gasteiger partial charge on any atom is -0.376 e. The summed E-state index contributed by atoms with van der Waals surface area (Å²) < 4.78 is 33.2. The topological polar surface area (TPSA) is 84.5 Å². The van der Waals surface area contributed by atoms with Crippen LogP contribution in [0, 0.1) is 5.92 Å². The fraction of sp³-hybridized carbons (Fsp3) is 0.476. The Morgan fingerprint density at radius 2 is 1.93 bits per heavy atom. The SMILES string of the molecule is CC1CCCCC1OCCNC(=O)c1ccc(S(=O)(=O)NCc2cccs2)cc1. The van der Waals surface area contributed by atoms with E-state index in [1.54, 1.807) is 0 Å². The molecule has 6 nitrogen and oxygen atoms in total. The maximum absolute atomic E-state index is 12.4. The van der Waals surface area contributed by atoms with E-state index in [2.05, 4.69) is 17.0 Å². The van der Waals surface area contributed by atoms with Gasteiger partial charge in [0.05, 0.1) is 17.6 Å². The van der Waals surface area contributed by atoms with Gasteiger partial charge in [0.15, 0.2) is 0 Å². The van der Waals surface area contributed by atoms with Crippen LogP contribution in [0.5, 0.6) is 0 Å². The lowest BCUT2D eigenvalue weighted by atomic mass is 9.88. The molecule has 0 radical (unpaired) electrons. The summed E-state index contributed by atoms with van der Waals surface area (Å²) in [4.78, 5) is 13.4. The van der Waals surface area contributed by atoms with Gasteiger partial charge in [0.2, 0.25) is 10.0 Å². The van der Waals surface area contributed by atoms with Crippen molar-refractivity contribution in [2.24, 2.45) is 5.92 Å². The van der Waals surface area contributed by atoms with E-state index in [1.165, 1.54) is 54.9 Å². The van der Waals surface area contributed by atoms with E-state index < -0.39 is 10.0 Å². The van der Waals surface area contributed by atoms with E-state index in [0.717, 1.165) is 11.3 Å². The monoisotopic (exact) mass is 436 g/mol. The molecular weight excluding hydrogens is 408 g/mol. The number of hydrogen-bond acceptors (Lipinski definition) is 5. The molecule has 1 heterocycles. The summed E-state index contributed by atoms with van der Waals surface area (Å²) in [5, 5.41) is 4.73. The highest BCUT2D eigenvalue weighted by atomic mass is 32.2. The van der Waals surface area contributed by atoms with Crippen LogP contribution in [0.4, 0.5) is 0 Å². The smallest absolute Gasteiger partial charge is 0.251 e. The Morgan fingerprint density at radius 3 is 2.62 bits per heavy atom. The molecule has 1 aliphatic carbocycles. The largest absolute Gasteiger partial charge is 0.376 e. The fourth-order valence-corrected chi connectivity index (χ4v) is 5.20. The third-order valence-corrected chi connectivity index (χ3v) is 7.49. The van der Waals surface area contributed by atoms with Crippen molar-refractivity contribution in [3.8, 4) is 0 Å². The van der Waals surface area contributed by atoms with Gasteiger partial charge in [-0.2, -0.15) is 0 Å². The molecule has 0 saturated heterocycles. The lowest BCUT2D eigenvalue weighted by molar-refractivity contribution is -0.00293. The Hall–Kier alpha value is -1.74. The molecule has 0 bridgehead atoms. The first-order valence-corrected chi connectivity index (χ1v) is 12.3. The number of carbonyl (C=O) groups excluding carboxylic acids is 1. The van der Waals surface area contributed by atoms with Crippen molar-refractivity contribution < 1.29 is 17.9 Å². The van der Waals surface area contributed by atoms with Gasteiger partial charge in [-0.25, -0.2) is 13.1 Å². The van der Waals surface area contributed by atoms with E-state index in [4.69, 9.17) is 4.74 Å². The Balaban J connectivity index is 1.45. The third-order valence-electron chi connectivity index (χ3n) is 5.20. The Bertz CT molecular complexity index is 880. The first-order valence-electron chi connectivity index (χ1n) is 9.97. The van der Waals surface area contributed by atoms with Crippen LogP contribution < -0.4 is 10.0 Å². The number of amides is 1. The van der Waals surface area contributed by atoms with Crippen LogP contribution in [0.3, 0.4) is 0 Å². The summed E-state index contributed by atoms with van der Waals surface area (Å²) in [5.41, 5.74) is 0.424. The number of sulfonamides is 1. The van der Waals surface area contributed by atoms with E-state index in [-0.39, 0.29) is 23.5 Å². The summed E-state index contributed by atoms with van der Waals surface area (Å²) in [5.74, 6) is 0.336. The first kappa shape index (κ1) is 22.0. The Labute approximate surface area is 176 Å². The second-order valence-corrected chi connectivity index (χ2v) is 10.2. The maximum Gasteiger partial charge on any atom is 0.251 e. The zero-order valence-electron chi connectivity index (χ0n) is 16.6. The van der Waals surface area contributed by atoms with Crippen molar-refractivity contribution in [2.45, 2.75) is 50.2 Å². The van der Waals surface area contributed by atoms with Gasteiger partial charge >= 0.3 is 0 Å². The molecule has 158 valence electrons. The zero-order valence-corrected chi connectivity index (χ0v) is 18.2. The standard InChI is InChI=1S/C21H28N2O4S2/c1-16-5-2-3-7-20(16)27-13-12-22-21(24)17-8-10-19(11-9-17)29(25,26)23-15-18-6-4-14-28-18/h4,6,8-11,14,16,20,23H,2-3,5,7,12-13,15H2,1H3,(H,22,24). The molecule has 2 N–H and O–H groups in total. The molecule has 1 saturated carbocycles. The van der Waals surface area contributed by atoms with E-state index in [9.17, 15) is 13.2 Å². The third kappa shape index (κ3) is 6.37. The van der Waals surface area contributed by atoms with Crippen LogP contribution in [0.1, 0.15) is 47.8 Å². The predicted molar refractivity (Wildman–Crippen MR) is 114 cm³/mol. The van der Waals surface area contributed by atoms with Crippen LogP contribution in [0.25, 0.3) is 0 Å². The van der Waals surface area contributed by atoms with Crippen molar-refractivity contribution in [2.75, 3.05) is 13.2 Å². The molecule has 3 rings (SSSR count). The van der Waals surface area contributed by atoms with Crippen LogP contribution in [-0.2, 0) is 21.3 Å². The summed E-state index contributed by atoms with van der Waals surface area (Å²) in [6, 6.07) is 9.71. The number of ether oxygens (including phenoxy) is 1. The Morgan fingerprint density at radius 1 is 1.17 bits per heavy atom. The van der Waals surface area contributed by atoms with Crippen molar-refractivity contribution in [1.82, 2.24) is 10.0 Å². The van der Waals surface area contributed by atoms with Gasteiger partial charge in [-0.15, -0.1) is 11.3 Å². The molecule has 1 amide bonds.